The van der Waals surface area contributed by atoms with Crippen molar-refractivity contribution in [2.75, 3.05) is 33.0 Å². The lowest BCUT2D eigenvalue weighted by atomic mass is 10.1. The number of nitrogens with one attached hydrogen (secondary N) is 2. The van der Waals surface area contributed by atoms with E-state index in [0.29, 0.717) is 38.9 Å². The molecule has 0 bridgehead atoms. The average Bonchev–Trinajstić information content (AvgIpc) is 3.10. The number of nitrogens with two attached hydrogens (primary N) is 2. The summed E-state index contributed by atoms with van der Waals surface area (Å²) in [5.41, 5.74) is 2.71. The summed E-state index contributed by atoms with van der Waals surface area (Å²) >= 11 is 0. The number of oxime groups is 1. The zero-order valence-electron chi connectivity index (χ0n) is 19.5. The zero-order chi connectivity index (χ0) is 26.6. The number of nitrogens with zero attached hydrogens (tertiary/aromatic N) is 2. The van der Waals surface area contributed by atoms with Gasteiger partial charge in [-0.15, -0.1) is 0 Å². The molecule has 0 radical (unpaired) electrons. The molecule has 18 nitrogen and oxygen atoms in total. The van der Waals surface area contributed by atoms with Crippen LogP contribution in [0.4, 0.5) is 4.79 Å². The zero-order valence-corrected chi connectivity index (χ0v) is 20.4. The molecule has 210 valence electrons. The van der Waals surface area contributed by atoms with Crippen LogP contribution in [-0.2, 0) is 33.2 Å². The van der Waals surface area contributed by atoms with Gasteiger partial charge in [0, 0.05) is 6.42 Å². The number of amides is 2. The van der Waals surface area contributed by atoms with Crippen LogP contribution in [-0.4, -0.2) is 101 Å². The largest absolute Gasteiger partial charge is 0.469 e. The molecule has 10 N–H and O–H groups in total. The normalized spacial score (nSPS) is 28.1. The van der Waals surface area contributed by atoms with Gasteiger partial charge in [0.05, 0.1) is 26.4 Å². The van der Waals surface area contributed by atoms with Gasteiger partial charge in [-0.3, -0.25) is 19.6 Å². The van der Waals surface area contributed by atoms with E-state index in [9.17, 15) is 19.6 Å². The minimum atomic E-state index is -4.85. The van der Waals surface area contributed by atoms with Crippen molar-refractivity contribution >= 4 is 19.7 Å². The molecule has 1 unspecified atom stereocenters. The van der Waals surface area contributed by atoms with Crippen molar-refractivity contribution in [1.82, 2.24) is 15.7 Å². The fourth-order valence-electron chi connectivity index (χ4n) is 3.37. The van der Waals surface area contributed by atoms with Crippen LogP contribution >= 0.6 is 7.82 Å². The molecule has 0 aromatic carbocycles. The van der Waals surface area contributed by atoms with Gasteiger partial charge in [0.25, 0.3) is 0 Å². The number of hydrogen-bond donors (Lipinski definition) is 8. The number of carbonyl (C=O) groups is 1. The first-order chi connectivity index (χ1) is 17.2. The summed E-state index contributed by atoms with van der Waals surface area (Å²) in [4.78, 5) is 51.4. The Kier molecular flexibility index (Phi) is 13.4. The van der Waals surface area contributed by atoms with E-state index in [1.807, 2.05) is 0 Å². The molecule has 0 aromatic rings. The van der Waals surface area contributed by atoms with Gasteiger partial charge in [0.15, 0.2) is 12.1 Å². The summed E-state index contributed by atoms with van der Waals surface area (Å²) < 4.78 is 20.9. The topological polar surface area (TPSA) is 262 Å². The van der Waals surface area contributed by atoms with Crippen LogP contribution in [0.3, 0.4) is 0 Å². The van der Waals surface area contributed by atoms with Gasteiger partial charge in [-0.1, -0.05) is 5.16 Å². The number of carbonyl (C=O) groups excluding carboxylic acids is 1. The summed E-state index contributed by atoms with van der Waals surface area (Å²) in [5.74, 6) is 10.1. The van der Waals surface area contributed by atoms with Crippen LogP contribution in [0.1, 0.15) is 32.1 Å². The number of ether oxygens (including phenoxy) is 1. The van der Waals surface area contributed by atoms with Crippen LogP contribution in [0.15, 0.2) is 5.16 Å². The number of phosphoric ester groups is 1. The molecule has 19 heteroatoms. The van der Waals surface area contributed by atoms with Gasteiger partial charge in [-0.05, 0) is 25.7 Å². The Balaban J connectivity index is 2.04. The second-order valence-corrected chi connectivity index (χ2v) is 9.12. The van der Waals surface area contributed by atoms with Crippen molar-refractivity contribution in [1.29, 1.82) is 0 Å². The van der Waals surface area contributed by atoms with Crippen LogP contribution < -0.4 is 22.6 Å². The predicted octanol–water partition coefficient (Wildman–Crippen LogP) is -2.52. The second-order valence-electron chi connectivity index (χ2n) is 7.88. The number of hydroxylamine groups is 1. The van der Waals surface area contributed by atoms with Gasteiger partial charge in [0.2, 0.25) is 0 Å². The van der Waals surface area contributed by atoms with Crippen LogP contribution in [0, 0.1) is 0 Å². The first-order valence-corrected chi connectivity index (χ1v) is 12.7. The molecule has 0 aromatic heterocycles. The summed E-state index contributed by atoms with van der Waals surface area (Å²) in [6.07, 6.45) is -4.35. The van der Waals surface area contributed by atoms with Gasteiger partial charge in [-0.25, -0.2) is 21.2 Å². The maximum Gasteiger partial charge on any atom is 0.469 e. The van der Waals surface area contributed by atoms with E-state index < -0.39 is 51.2 Å². The number of amidine groups is 1. The third-order valence-electron chi connectivity index (χ3n) is 5.13. The van der Waals surface area contributed by atoms with E-state index in [4.69, 9.17) is 36.0 Å². The summed E-state index contributed by atoms with van der Waals surface area (Å²) in [6, 6.07) is -0.759. The minimum absolute atomic E-state index is 0.0376. The van der Waals surface area contributed by atoms with Gasteiger partial charge in [0.1, 0.15) is 31.1 Å². The monoisotopic (exact) mass is 546 g/mol. The molecule has 2 saturated heterocycles. The quantitative estimate of drug-likeness (QED) is 0.0531. The highest BCUT2D eigenvalue weighted by molar-refractivity contribution is 7.46. The number of urea groups is 1. The van der Waals surface area contributed by atoms with Gasteiger partial charge in [-0.2, -0.15) is 5.48 Å². The Morgan fingerprint density at radius 3 is 2.36 bits per heavy atom. The molecule has 0 aliphatic carbocycles. The van der Waals surface area contributed by atoms with E-state index in [1.54, 1.807) is 0 Å². The molecule has 2 rings (SSSR count). The van der Waals surface area contributed by atoms with E-state index in [0.717, 1.165) is 4.90 Å². The maximum atomic E-state index is 12.9. The highest BCUT2D eigenvalue weighted by atomic mass is 31.2. The first kappa shape index (κ1) is 30.7. The third-order valence-corrected chi connectivity index (χ3v) is 5.61. The number of hydrogen-bond acceptors (Lipinski definition) is 14. The molecule has 2 fully saturated rings. The van der Waals surface area contributed by atoms with E-state index >= 15 is 0 Å². The van der Waals surface area contributed by atoms with Gasteiger partial charge < -0.3 is 39.2 Å². The van der Waals surface area contributed by atoms with Crippen molar-refractivity contribution in [2.45, 2.75) is 62.8 Å². The highest BCUT2D eigenvalue weighted by Crippen LogP contribution is 2.37. The molecular formula is C17H35N6O12P. The molecule has 0 saturated carbocycles. The number of unbranched alkanes of at least 4 members (excludes halogenated alkanes) is 2. The fourth-order valence-corrected chi connectivity index (χ4v) is 3.71. The summed E-state index contributed by atoms with van der Waals surface area (Å²) in [7, 11) is -4.85. The van der Waals surface area contributed by atoms with E-state index in [1.165, 1.54) is 0 Å². The fraction of sp³-hybridized carbons (Fsp3) is 0.882. The molecule has 2 aliphatic rings. The minimum Gasteiger partial charge on any atom is -0.394 e. The van der Waals surface area contributed by atoms with Crippen LogP contribution in [0.25, 0.3) is 0 Å². The van der Waals surface area contributed by atoms with Crippen molar-refractivity contribution < 1.29 is 58.0 Å². The Labute approximate surface area is 206 Å². The molecule has 36 heavy (non-hydrogen) atoms. The molecular weight excluding hydrogens is 511 g/mol. The van der Waals surface area contributed by atoms with Gasteiger partial charge >= 0.3 is 13.9 Å². The molecule has 2 amide bonds. The van der Waals surface area contributed by atoms with Crippen molar-refractivity contribution in [3.63, 3.8) is 0 Å². The number of rotatable bonds is 17. The highest BCUT2D eigenvalue weighted by Gasteiger charge is 2.50. The Bertz CT molecular complexity index is 745. The van der Waals surface area contributed by atoms with Crippen molar-refractivity contribution in [2.24, 2.45) is 16.9 Å². The molecule has 2 aliphatic heterocycles. The Morgan fingerprint density at radius 1 is 1.08 bits per heavy atom. The third kappa shape index (κ3) is 10.1. The lowest BCUT2D eigenvalue weighted by molar-refractivity contribution is -0.122. The SMILES string of the molecule is NOCCCCO/N=C1/CC(NOCCCCON)N([C@@H]2O[C@H](COP(=O)(O)O)[C@@H](O)[C@H]2O)C(=O)N1. The smallest absolute Gasteiger partial charge is 0.394 e. The number of phosphoric acid groups is 1. The van der Waals surface area contributed by atoms with E-state index in [2.05, 4.69) is 30.2 Å². The first-order valence-electron chi connectivity index (χ1n) is 11.2. The standard InChI is InChI=1S/C17H35N6O12P/c18-30-5-1-3-7-32-21-12-9-13(22-33-8-4-2-6-31-19)23(17(26)20-12)16-15(25)14(24)11(35-16)10-34-36(27,28)29/h11,13-16,22,24-25H,1-10,18-19H2,(H,20,21,26)(H2,27,28,29)/t11-,13?,14-,15-,16-/m1/s1. The molecule has 0 spiro atoms. The van der Waals surface area contributed by atoms with Crippen molar-refractivity contribution in [3.05, 3.63) is 0 Å². The van der Waals surface area contributed by atoms with Crippen LogP contribution in [0.2, 0.25) is 0 Å². The Morgan fingerprint density at radius 2 is 1.72 bits per heavy atom. The lowest BCUT2D eigenvalue weighted by Crippen LogP contribution is -2.65. The molecule has 2 heterocycles. The van der Waals surface area contributed by atoms with E-state index in [-0.39, 0.29) is 25.5 Å². The molecule has 5 atom stereocenters. The van der Waals surface area contributed by atoms with Crippen molar-refractivity contribution in [3.8, 4) is 0 Å². The second kappa shape index (κ2) is 15.7. The van der Waals surface area contributed by atoms with Crippen LogP contribution in [0.5, 0.6) is 0 Å². The predicted molar refractivity (Wildman–Crippen MR) is 119 cm³/mol. The Hall–Kier alpha value is -1.51. The summed E-state index contributed by atoms with van der Waals surface area (Å²) in [5, 5.41) is 27.2. The maximum absolute atomic E-state index is 12.9. The number of aliphatic hydroxyl groups excluding tert-OH is 2. The summed E-state index contributed by atoms with van der Waals surface area (Å²) in [6.45, 7) is 0.466. The average molecular weight is 546 g/mol. The lowest BCUT2D eigenvalue weighted by Gasteiger charge is -2.40. The number of aliphatic hydroxyl groups is 2.